The molecule has 1 aliphatic heterocycles. The molecular weight excluding hydrogens is 526 g/mol. The van der Waals surface area contributed by atoms with E-state index in [1.807, 2.05) is 31.2 Å². The van der Waals surface area contributed by atoms with E-state index >= 15 is 0 Å². The fourth-order valence-corrected chi connectivity index (χ4v) is 5.00. The van der Waals surface area contributed by atoms with Crippen molar-refractivity contribution in [3.05, 3.63) is 123 Å². The zero-order valence-corrected chi connectivity index (χ0v) is 22.4. The minimum absolute atomic E-state index is 0.0944. The molecule has 1 N–H and O–H groups in total. The van der Waals surface area contributed by atoms with Gasteiger partial charge in [-0.25, -0.2) is 4.98 Å². The predicted octanol–water partition coefficient (Wildman–Crippen LogP) is 4.94. The van der Waals surface area contributed by atoms with Crippen molar-refractivity contribution >= 4 is 35.0 Å². The Morgan fingerprint density at radius 2 is 1.95 bits per heavy atom. The Bertz CT molecular complexity index is 1650. The van der Waals surface area contributed by atoms with Crippen LogP contribution in [0.3, 0.4) is 0 Å². The number of fused-ring (bicyclic) bond motifs is 1. The molecule has 2 amide bonds. The first-order valence-electron chi connectivity index (χ1n) is 12.6. The Labute approximate surface area is 236 Å². The highest BCUT2D eigenvalue weighted by molar-refractivity contribution is 6.30. The fourth-order valence-electron chi connectivity index (χ4n) is 4.81. The molecule has 4 aromatic rings. The number of nitrogens with one attached hydrogen (secondary N) is 1. The number of aryl methyl sites for hydroxylation is 1. The Morgan fingerprint density at radius 3 is 2.65 bits per heavy atom. The molecule has 2 aromatic heterocycles. The number of benzene rings is 2. The maximum Gasteiger partial charge on any atom is 0.257 e. The molecule has 1 aliphatic rings. The molecule has 0 aliphatic carbocycles. The topological polar surface area (TPSA) is 116 Å². The monoisotopic (exact) mass is 549 g/mol. The van der Waals surface area contributed by atoms with Crippen molar-refractivity contribution in [2.75, 3.05) is 5.32 Å². The number of nitrogens with zero attached hydrogens (tertiary/aromatic N) is 4. The van der Waals surface area contributed by atoms with E-state index in [1.165, 1.54) is 6.20 Å². The molecule has 3 heterocycles. The standard InChI is InChI=1S/C31H24ClN5O3/c1-19-12-20(5-8-25(19)30(39)36-29-10-6-21(16-33)17-35-29)18-37-27(15-24-4-2-3-11-34-24)28(38)14-22-13-23(32)7-9-26(22)31(37)40/h2-13,17,27H,14-15,18H2,1H3,(H,35,36,39)/t27-/m1/s1. The van der Waals surface area contributed by atoms with Gasteiger partial charge in [0.15, 0.2) is 5.78 Å². The maximum absolute atomic E-state index is 13.8. The van der Waals surface area contributed by atoms with Gasteiger partial charge in [0, 0.05) is 53.6 Å². The van der Waals surface area contributed by atoms with Crippen LogP contribution < -0.4 is 5.32 Å². The summed E-state index contributed by atoms with van der Waals surface area (Å²) in [6, 6.07) is 20.2. The van der Waals surface area contributed by atoms with E-state index in [4.69, 9.17) is 16.9 Å². The summed E-state index contributed by atoms with van der Waals surface area (Å²) < 4.78 is 0. The number of pyridine rings is 2. The smallest absolute Gasteiger partial charge is 0.257 e. The zero-order chi connectivity index (χ0) is 28.2. The number of Topliss-reactive ketones (excluding diaryl/α,β-unsaturated/α-hetero) is 1. The summed E-state index contributed by atoms with van der Waals surface area (Å²) in [6.45, 7) is 1.98. The Balaban J connectivity index is 1.43. The molecule has 0 spiro atoms. The van der Waals surface area contributed by atoms with Crippen LogP contribution in [0.2, 0.25) is 5.02 Å². The van der Waals surface area contributed by atoms with Gasteiger partial charge in [0.2, 0.25) is 0 Å². The normalized spacial score (nSPS) is 14.7. The van der Waals surface area contributed by atoms with Crippen LogP contribution in [-0.2, 0) is 24.2 Å². The van der Waals surface area contributed by atoms with Crippen LogP contribution in [0.1, 0.15) is 48.7 Å². The molecule has 2 aromatic carbocycles. The second kappa shape index (κ2) is 11.5. The lowest BCUT2D eigenvalue weighted by atomic mass is 9.99. The molecule has 0 radical (unpaired) electrons. The van der Waals surface area contributed by atoms with Crippen LogP contribution in [0.15, 0.2) is 79.1 Å². The summed E-state index contributed by atoms with van der Waals surface area (Å²) in [5.74, 6) is -0.370. The van der Waals surface area contributed by atoms with Crippen molar-refractivity contribution in [1.82, 2.24) is 14.9 Å². The van der Waals surface area contributed by atoms with E-state index in [1.54, 1.807) is 59.6 Å². The van der Waals surface area contributed by atoms with Gasteiger partial charge >= 0.3 is 0 Å². The van der Waals surface area contributed by atoms with Gasteiger partial charge in [-0.3, -0.25) is 19.4 Å². The summed E-state index contributed by atoms with van der Waals surface area (Å²) in [5.41, 5.74) is 4.08. The summed E-state index contributed by atoms with van der Waals surface area (Å²) in [6.07, 6.45) is 3.43. The summed E-state index contributed by atoms with van der Waals surface area (Å²) in [5, 5.41) is 12.1. The molecule has 0 bridgehead atoms. The second-order valence-electron chi connectivity index (χ2n) is 9.57. The molecule has 9 heteroatoms. The number of rotatable bonds is 6. The third-order valence-corrected chi connectivity index (χ3v) is 7.06. The maximum atomic E-state index is 13.8. The molecule has 8 nitrogen and oxygen atoms in total. The molecule has 5 rings (SSSR count). The lowest BCUT2D eigenvalue weighted by molar-refractivity contribution is -0.122. The van der Waals surface area contributed by atoms with Crippen LogP contribution in [0.25, 0.3) is 0 Å². The van der Waals surface area contributed by atoms with E-state index < -0.39 is 6.04 Å². The van der Waals surface area contributed by atoms with Crippen LogP contribution in [0, 0.1) is 18.3 Å². The van der Waals surface area contributed by atoms with Crippen molar-refractivity contribution in [1.29, 1.82) is 5.26 Å². The van der Waals surface area contributed by atoms with Crippen molar-refractivity contribution in [3.8, 4) is 6.07 Å². The first-order chi connectivity index (χ1) is 19.3. The molecule has 0 fully saturated rings. The van der Waals surface area contributed by atoms with Crippen molar-refractivity contribution < 1.29 is 14.4 Å². The highest BCUT2D eigenvalue weighted by atomic mass is 35.5. The van der Waals surface area contributed by atoms with Crippen molar-refractivity contribution in [2.45, 2.75) is 32.4 Å². The molecule has 198 valence electrons. The lowest BCUT2D eigenvalue weighted by Crippen LogP contribution is -2.45. The Hall–Kier alpha value is -4.87. The van der Waals surface area contributed by atoms with E-state index in [2.05, 4.69) is 15.3 Å². The first-order valence-corrected chi connectivity index (χ1v) is 13.0. The molecule has 0 saturated carbocycles. The van der Waals surface area contributed by atoms with Crippen LogP contribution in [-0.4, -0.2) is 38.5 Å². The van der Waals surface area contributed by atoms with Gasteiger partial charge in [0.05, 0.1) is 11.6 Å². The zero-order valence-electron chi connectivity index (χ0n) is 21.6. The number of carbonyl (C=O) groups excluding carboxylic acids is 3. The highest BCUT2D eigenvalue weighted by Gasteiger charge is 2.35. The summed E-state index contributed by atoms with van der Waals surface area (Å²) >= 11 is 6.18. The molecule has 1 atom stereocenters. The Morgan fingerprint density at radius 1 is 1.10 bits per heavy atom. The molecular formula is C31H24ClN5O3. The number of amides is 2. The average molecular weight is 550 g/mol. The number of nitriles is 1. The van der Waals surface area contributed by atoms with Gasteiger partial charge in [0.25, 0.3) is 11.8 Å². The van der Waals surface area contributed by atoms with E-state index in [0.29, 0.717) is 44.4 Å². The molecule has 0 saturated heterocycles. The largest absolute Gasteiger partial charge is 0.324 e. The third kappa shape index (κ3) is 5.75. The first kappa shape index (κ1) is 26.7. The van der Waals surface area contributed by atoms with Crippen molar-refractivity contribution in [2.24, 2.45) is 0 Å². The number of ketones is 1. The van der Waals surface area contributed by atoms with Gasteiger partial charge in [-0.15, -0.1) is 0 Å². The van der Waals surface area contributed by atoms with Crippen LogP contribution >= 0.6 is 11.6 Å². The quantitative estimate of drug-likeness (QED) is 0.364. The average Bonchev–Trinajstić information content (AvgIpc) is 3.03. The number of halogens is 1. The number of carbonyl (C=O) groups is 3. The SMILES string of the molecule is Cc1cc(CN2C(=O)c3ccc(Cl)cc3CC(=O)[C@H]2Cc2ccccn2)ccc1C(=O)Nc1ccc(C#N)cn1. The van der Waals surface area contributed by atoms with Crippen LogP contribution in [0.5, 0.6) is 0 Å². The van der Waals surface area contributed by atoms with E-state index in [-0.39, 0.29) is 37.0 Å². The predicted molar refractivity (Wildman–Crippen MR) is 150 cm³/mol. The highest BCUT2D eigenvalue weighted by Crippen LogP contribution is 2.27. The van der Waals surface area contributed by atoms with Gasteiger partial charge < -0.3 is 10.2 Å². The van der Waals surface area contributed by atoms with Gasteiger partial charge in [-0.05, 0) is 72.1 Å². The Kier molecular flexibility index (Phi) is 7.67. The number of hydrogen-bond acceptors (Lipinski definition) is 6. The fraction of sp³-hybridized carbons (Fsp3) is 0.161. The minimum Gasteiger partial charge on any atom is -0.324 e. The number of anilines is 1. The minimum atomic E-state index is -0.723. The van der Waals surface area contributed by atoms with Gasteiger partial charge in [-0.2, -0.15) is 5.26 Å². The van der Waals surface area contributed by atoms with Gasteiger partial charge in [0.1, 0.15) is 11.9 Å². The van der Waals surface area contributed by atoms with Crippen LogP contribution in [0.4, 0.5) is 5.82 Å². The van der Waals surface area contributed by atoms with Gasteiger partial charge in [-0.1, -0.05) is 29.8 Å². The van der Waals surface area contributed by atoms with Crippen molar-refractivity contribution in [3.63, 3.8) is 0 Å². The second-order valence-corrected chi connectivity index (χ2v) is 10.0. The lowest BCUT2D eigenvalue weighted by Gasteiger charge is -2.29. The number of hydrogen-bond donors (Lipinski definition) is 1. The number of aromatic nitrogens is 2. The molecule has 0 unspecified atom stereocenters. The van der Waals surface area contributed by atoms with E-state index in [9.17, 15) is 14.4 Å². The molecule has 40 heavy (non-hydrogen) atoms. The third-order valence-electron chi connectivity index (χ3n) is 6.82. The summed E-state index contributed by atoms with van der Waals surface area (Å²) in [7, 11) is 0. The summed E-state index contributed by atoms with van der Waals surface area (Å²) in [4.78, 5) is 50.3. The van der Waals surface area contributed by atoms with E-state index in [0.717, 1.165) is 5.56 Å².